The summed E-state index contributed by atoms with van der Waals surface area (Å²) in [6.07, 6.45) is 0.874. The van der Waals surface area contributed by atoms with Gasteiger partial charge in [-0.05, 0) is 38.5 Å². The third-order valence-corrected chi connectivity index (χ3v) is 3.78. The van der Waals surface area contributed by atoms with Crippen molar-refractivity contribution in [2.24, 2.45) is 0 Å². The summed E-state index contributed by atoms with van der Waals surface area (Å²) in [5, 5.41) is 2.54. The summed E-state index contributed by atoms with van der Waals surface area (Å²) in [5.41, 5.74) is 5.86. The number of carbonyl (C=O) groups is 1. The van der Waals surface area contributed by atoms with Gasteiger partial charge in [0.2, 0.25) is 5.91 Å². The molecule has 3 N–H and O–H groups in total. The molecule has 0 radical (unpaired) electrons. The number of hydrogen-bond donors (Lipinski definition) is 2. The van der Waals surface area contributed by atoms with E-state index in [1.807, 2.05) is 13.8 Å². The number of halogens is 1. The first kappa shape index (κ1) is 14.8. The zero-order chi connectivity index (χ0) is 13.7. The standard InChI is InChI=1S/C13H19FN2OS/c1-4-8(2)16-13(17)9(3)18-12-6-5-10(15)7-11(12)14/h5-9H,4,15H2,1-3H3,(H,16,17). The Morgan fingerprint density at radius 1 is 1.50 bits per heavy atom. The van der Waals surface area contributed by atoms with E-state index in [9.17, 15) is 9.18 Å². The Balaban J connectivity index is 2.63. The largest absolute Gasteiger partial charge is 0.399 e. The highest BCUT2D eigenvalue weighted by Crippen LogP contribution is 2.27. The zero-order valence-corrected chi connectivity index (χ0v) is 11.7. The van der Waals surface area contributed by atoms with E-state index < -0.39 is 0 Å². The molecule has 1 rings (SSSR count). The molecule has 0 saturated heterocycles. The maximum Gasteiger partial charge on any atom is 0.233 e. The topological polar surface area (TPSA) is 55.1 Å². The molecule has 0 fully saturated rings. The van der Waals surface area contributed by atoms with Crippen LogP contribution in [0.25, 0.3) is 0 Å². The van der Waals surface area contributed by atoms with Crippen LogP contribution in [-0.2, 0) is 4.79 Å². The maximum absolute atomic E-state index is 13.6. The van der Waals surface area contributed by atoms with Gasteiger partial charge in [0, 0.05) is 16.6 Å². The average Bonchev–Trinajstić information content (AvgIpc) is 2.32. The molecule has 1 aromatic rings. The summed E-state index contributed by atoms with van der Waals surface area (Å²) < 4.78 is 13.6. The van der Waals surface area contributed by atoms with E-state index in [1.54, 1.807) is 19.1 Å². The summed E-state index contributed by atoms with van der Waals surface area (Å²) in [7, 11) is 0. The zero-order valence-electron chi connectivity index (χ0n) is 10.9. The van der Waals surface area contributed by atoms with Gasteiger partial charge in [-0.25, -0.2) is 4.39 Å². The first-order chi connectivity index (χ1) is 8.43. The molecule has 0 saturated carbocycles. The quantitative estimate of drug-likeness (QED) is 0.639. The van der Waals surface area contributed by atoms with Gasteiger partial charge in [-0.3, -0.25) is 4.79 Å². The van der Waals surface area contributed by atoms with Crippen molar-refractivity contribution in [1.82, 2.24) is 5.32 Å². The van der Waals surface area contributed by atoms with E-state index in [-0.39, 0.29) is 23.0 Å². The van der Waals surface area contributed by atoms with Crippen LogP contribution in [0.2, 0.25) is 0 Å². The number of nitrogens with two attached hydrogens (primary N) is 1. The number of amides is 1. The number of nitrogen functional groups attached to an aromatic ring is 1. The van der Waals surface area contributed by atoms with E-state index in [0.29, 0.717) is 10.6 Å². The highest BCUT2D eigenvalue weighted by molar-refractivity contribution is 8.00. The Morgan fingerprint density at radius 3 is 2.72 bits per heavy atom. The number of benzene rings is 1. The number of hydrogen-bond acceptors (Lipinski definition) is 3. The predicted octanol–water partition coefficient (Wildman–Crippen LogP) is 2.80. The normalized spacial score (nSPS) is 14.0. The van der Waals surface area contributed by atoms with Gasteiger partial charge < -0.3 is 11.1 Å². The first-order valence-corrected chi connectivity index (χ1v) is 6.84. The molecule has 3 nitrogen and oxygen atoms in total. The molecule has 2 atom stereocenters. The van der Waals surface area contributed by atoms with Crippen LogP contribution in [0.15, 0.2) is 23.1 Å². The highest BCUT2D eigenvalue weighted by Gasteiger charge is 2.17. The summed E-state index contributed by atoms with van der Waals surface area (Å²) in [4.78, 5) is 12.3. The lowest BCUT2D eigenvalue weighted by Crippen LogP contribution is -2.37. The fraction of sp³-hybridized carbons (Fsp3) is 0.462. The number of carbonyl (C=O) groups excluding carboxylic acids is 1. The van der Waals surface area contributed by atoms with Crippen LogP contribution in [0.4, 0.5) is 10.1 Å². The van der Waals surface area contributed by atoms with Gasteiger partial charge in [-0.1, -0.05) is 6.92 Å². The van der Waals surface area contributed by atoms with E-state index in [2.05, 4.69) is 5.32 Å². The minimum Gasteiger partial charge on any atom is -0.399 e. The molecule has 0 spiro atoms. The Labute approximate surface area is 111 Å². The number of rotatable bonds is 5. The summed E-state index contributed by atoms with van der Waals surface area (Å²) in [6.45, 7) is 5.71. The lowest BCUT2D eigenvalue weighted by atomic mass is 10.2. The average molecular weight is 270 g/mol. The lowest BCUT2D eigenvalue weighted by molar-refractivity contribution is -0.120. The molecule has 0 aliphatic carbocycles. The molecule has 1 aromatic carbocycles. The predicted molar refractivity (Wildman–Crippen MR) is 74.0 cm³/mol. The second kappa shape index (κ2) is 6.64. The molecule has 0 heterocycles. The van der Waals surface area contributed by atoms with Crippen LogP contribution < -0.4 is 11.1 Å². The van der Waals surface area contributed by atoms with Crippen molar-refractivity contribution in [3.05, 3.63) is 24.0 Å². The number of thioether (sulfide) groups is 1. The van der Waals surface area contributed by atoms with Crippen LogP contribution in [-0.4, -0.2) is 17.2 Å². The minimum absolute atomic E-state index is 0.0782. The molecule has 0 aliphatic rings. The van der Waals surface area contributed by atoms with Crippen molar-refractivity contribution in [1.29, 1.82) is 0 Å². The Bertz CT molecular complexity index is 425. The first-order valence-electron chi connectivity index (χ1n) is 5.96. The fourth-order valence-corrected chi connectivity index (χ4v) is 2.19. The molecular weight excluding hydrogens is 251 g/mol. The Kier molecular flexibility index (Phi) is 5.47. The van der Waals surface area contributed by atoms with Gasteiger partial charge in [0.05, 0.1) is 5.25 Å². The maximum atomic E-state index is 13.6. The molecule has 1 amide bonds. The van der Waals surface area contributed by atoms with Crippen molar-refractivity contribution in [3.63, 3.8) is 0 Å². The van der Waals surface area contributed by atoms with Crippen molar-refractivity contribution in [3.8, 4) is 0 Å². The van der Waals surface area contributed by atoms with Gasteiger partial charge in [-0.15, -0.1) is 11.8 Å². The number of anilines is 1. The Morgan fingerprint density at radius 2 is 2.17 bits per heavy atom. The molecule has 18 heavy (non-hydrogen) atoms. The third kappa shape index (κ3) is 4.22. The van der Waals surface area contributed by atoms with Gasteiger partial charge in [0.1, 0.15) is 5.82 Å². The lowest BCUT2D eigenvalue weighted by Gasteiger charge is -2.16. The van der Waals surface area contributed by atoms with Crippen LogP contribution in [0.5, 0.6) is 0 Å². The van der Waals surface area contributed by atoms with Crippen molar-refractivity contribution in [2.75, 3.05) is 5.73 Å². The number of nitrogens with one attached hydrogen (secondary N) is 1. The van der Waals surface area contributed by atoms with Crippen LogP contribution >= 0.6 is 11.8 Å². The fourth-order valence-electron chi connectivity index (χ4n) is 1.32. The summed E-state index contributed by atoms with van der Waals surface area (Å²) in [5.74, 6) is -0.464. The van der Waals surface area contributed by atoms with Crippen LogP contribution in [0.1, 0.15) is 27.2 Å². The van der Waals surface area contributed by atoms with Gasteiger partial charge in [-0.2, -0.15) is 0 Å². The summed E-state index contributed by atoms with van der Waals surface area (Å²) >= 11 is 1.20. The van der Waals surface area contributed by atoms with Crippen LogP contribution in [0.3, 0.4) is 0 Å². The monoisotopic (exact) mass is 270 g/mol. The SMILES string of the molecule is CCC(C)NC(=O)C(C)Sc1ccc(N)cc1F. The third-order valence-electron chi connectivity index (χ3n) is 2.63. The summed E-state index contributed by atoms with van der Waals surface area (Å²) in [6, 6.07) is 4.63. The van der Waals surface area contributed by atoms with Crippen LogP contribution in [0, 0.1) is 5.82 Å². The second-order valence-electron chi connectivity index (χ2n) is 4.27. The molecule has 100 valence electrons. The van der Waals surface area contributed by atoms with Gasteiger partial charge >= 0.3 is 0 Å². The van der Waals surface area contributed by atoms with Crippen molar-refractivity contribution < 1.29 is 9.18 Å². The van der Waals surface area contributed by atoms with Gasteiger partial charge in [0.25, 0.3) is 0 Å². The molecule has 5 heteroatoms. The molecule has 2 unspecified atom stereocenters. The van der Waals surface area contributed by atoms with E-state index >= 15 is 0 Å². The van der Waals surface area contributed by atoms with Crippen molar-refractivity contribution in [2.45, 2.75) is 43.4 Å². The molecule has 0 aliphatic heterocycles. The van der Waals surface area contributed by atoms with E-state index in [1.165, 1.54) is 17.8 Å². The second-order valence-corrected chi connectivity index (χ2v) is 5.65. The molecule has 0 bridgehead atoms. The van der Waals surface area contributed by atoms with E-state index in [0.717, 1.165) is 6.42 Å². The molecule has 0 aromatic heterocycles. The minimum atomic E-state index is -0.386. The van der Waals surface area contributed by atoms with Gasteiger partial charge in [0.15, 0.2) is 0 Å². The van der Waals surface area contributed by atoms with Crippen molar-refractivity contribution >= 4 is 23.4 Å². The van der Waals surface area contributed by atoms with E-state index in [4.69, 9.17) is 5.73 Å². The Hall–Kier alpha value is -1.23. The smallest absolute Gasteiger partial charge is 0.233 e. The highest BCUT2D eigenvalue weighted by atomic mass is 32.2. The molecular formula is C13H19FN2OS.